The molecule has 5 heteroatoms. The van der Waals surface area contributed by atoms with E-state index < -0.39 is 11.6 Å². The van der Waals surface area contributed by atoms with E-state index in [2.05, 4.69) is 5.43 Å². The molecule has 0 spiro atoms. The van der Waals surface area contributed by atoms with Gasteiger partial charge in [-0.3, -0.25) is 11.3 Å². The molecule has 0 saturated heterocycles. The fraction of sp³-hybridized carbons (Fsp3) is 0.200. The predicted octanol–water partition coefficient (Wildman–Crippen LogP) is 3.16. The zero-order valence-electron chi connectivity index (χ0n) is 11.0. The summed E-state index contributed by atoms with van der Waals surface area (Å²) in [6, 6.07) is 7.36. The highest BCUT2D eigenvalue weighted by Crippen LogP contribution is 2.23. The molecule has 0 aliphatic heterocycles. The SMILES string of the molecule is Cc1cc(F)ccc1C(Cc1ccc(F)cc1F)NN. The Bertz CT molecular complexity index is 614. The summed E-state index contributed by atoms with van der Waals surface area (Å²) in [7, 11) is 0. The standard InChI is InChI=1S/C15H15F3N2/c1-9-6-11(16)4-5-13(9)15(20-19)7-10-2-3-12(17)8-14(10)18/h2-6,8,15,20H,7,19H2,1H3. The summed E-state index contributed by atoms with van der Waals surface area (Å²) >= 11 is 0. The molecule has 0 fully saturated rings. The van der Waals surface area contributed by atoms with Crippen LogP contribution in [0.15, 0.2) is 36.4 Å². The second-order valence-electron chi connectivity index (χ2n) is 4.66. The van der Waals surface area contributed by atoms with E-state index in [1.54, 1.807) is 13.0 Å². The van der Waals surface area contributed by atoms with Gasteiger partial charge in [-0.15, -0.1) is 0 Å². The molecule has 2 nitrogen and oxygen atoms in total. The van der Waals surface area contributed by atoms with Crippen LogP contribution in [0.4, 0.5) is 13.2 Å². The molecule has 0 saturated carbocycles. The van der Waals surface area contributed by atoms with E-state index in [1.807, 2.05) is 0 Å². The Kier molecular flexibility index (Phi) is 4.42. The molecule has 0 radical (unpaired) electrons. The van der Waals surface area contributed by atoms with Gasteiger partial charge in [0.05, 0.1) is 6.04 Å². The topological polar surface area (TPSA) is 38.0 Å². The van der Waals surface area contributed by atoms with Crippen LogP contribution >= 0.6 is 0 Å². The van der Waals surface area contributed by atoms with Crippen LogP contribution < -0.4 is 11.3 Å². The van der Waals surface area contributed by atoms with Gasteiger partial charge >= 0.3 is 0 Å². The Morgan fingerprint density at radius 3 is 2.30 bits per heavy atom. The van der Waals surface area contributed by atoms with E-state index in [-0.39, 0.29) is 18.3 Å². The molecule has 1 unspecified atom stereocenters. The molecular weight excluding hydrogens is 265 g/mol. The van der Waals surface area contributed by atoms with Crippen LogP contribution in [0, 0.1) is 24.4 Å². The van der Waals surface area contributed by atoms with Gasteiger partial charge in [-0.05, 0) is 48.2 Å². The minimum atomic E-state index is -0.624. The molecule has 2 rings (SSSR count). The molecule has 20 heavy (non-hydrogen) atoms. The highest BCUT2D eigenvalue weighted by Gasteiger charge is 2.16. The molecule has 2 aromatic rings. The molecule has 106 valence electrons. The fourth-order valence-electron chi connectivity index (χ4n) is 2.20. The van der Waals surface area contributed by atoms with Crippen LogP contribution in [0.2, 0.25) is 0 Å². The number of benzene rings is 2. The van der Waals surface area contributed by atoms with Crippen molar-refractivity contribution >= 4 is 0 Å². The number of hydrogen-bond acceptors (Lipinski definition) is 2. The number of rotatable bonds is 4. The molecule has 2 aromatic carbocycles. The van der Waals surface area contributed by atoms with Crippen molar-refractivity contribution in [3.8, 4) is 0 Å². The first-order valence-corrected chi connectivity index (χ1v) is 6.17. The number of hydrogen-bond donors (Lipinski definition) is 2. The summed E-state index contributed by atoms with van der Waals surface area (Å²) in [5.74, 6) is 3.92. The average Bonchev–Trinajstić information content (AvgIpc) is 2.39. The minimum absolute atomic E-state index is 0.245. The molecule has 0 amide bonds. The van der Waals surface area contributed by atoms with E-state index >= 15 is 0 Å². The van der Waals surface area contributed by atoms with E-state index in [1.165, 1.54) is 24.3 Å². The highest BCUT2D eigenvalue weighted by molar-refractivity contribution is 5.31. The first-order chi connectivity index (χ1) is 9.51. The molecule has 0 bridgehead atoms. The minimum Gasteiger partial charge on any atom is -0.271 e. The van der Waals surface area contributed by atoms with Gasteiger partial charge in [0, 0.05) is 6.07 Å². The summed E-state index contributed by atoms with van der Waals surface area (Å²) in [5, 5.41) is 0. The fourth-order valence-corrected chi connectivity index (χ4v) is 2.20. The third-order valence-corrected chi connectivity index (χ3v) is 3.25. The van der Waals surface area contributed by atoms with Crippen molar-refractivity contribution < 1.29 is 13.2 Å². The third kappa shape index (κ3) is 3.18. The number of aryl methyl sites for hydroxylation is 1. The highest BCUT2D eigenvalue weighted by atomic mass is 19.1. The van der Waals surface area contributed by atoms with Gasteiger partial charge in [0.15, 0.2) is 0 Å². The summed E-state index contributed by atoms with van der Waals surface area (Å²) in [4.78, 5) is 0. The number of nitrogens with one attached hydrogen (secondary N) is 1. The third-order valence-electron chi connectivity index (χ3n) is 3.25. The molecule has 0 aromatic heterocycles. The maximum absolute atomic E-state index is 13.7. The molecule has 0 heterocycles. The van der Waals surface area contributed by atoms with E-state index in [4.69, 9.17) is 5.84 Å². The van der Waals surface area contributed by atoms with Crippen molar-refractivity contribution in [3.05, 3.63) is 70.5 Å². The van der Waals surface area contributed by atoms with Gasteiger partial charge in [0.25, 0.3) is 0 Å². The Labute approximate surface area is 115 Å². The van der Waals surface area contributed by atoms with Crippen molar-refractivity contribution in [2.24, 2.45) is 5.84 Å². The van der Waals surface area contributed by atoms with E-state index in [0.29, 0.717) is 5.56 Å². The Morgan fingerprint density at radius 1 is 1.05 bits per heavy atom. The smallest absolute Gasteiger partial charge is 0.129 e. The second-order valence-corrected chi connectivity index (χ2v) is 4.66. The van der Waals surface area contributed by atoms with Crippen LogP contribution in [0.5, 0.6) is 0 Å². The Morgan fingerprint density at radius 2 is 1.70 bits per heavy atom. The maximum Gasteiger partial charge on any atom is 0.129 e. The first-order valence-electron chi connectivity index (χ1n) is 6.17. The maximum atomic E-state index is 13.7. The zero-order chi connectivity index (χ0) is 14.7. The molecule has 0 aliphatic carbocycles. The summed E-state index contributed by atoms with van der Waals surface area (Å²) in [6.07, 6.45) is 0.245. The van der Waals surface area contributed by atoms with E-state index in [0.717, 1.165) is 17.2 Å². The second kappa shape index (κ2) is 6.07. The van der Waals surface area contributed by atoms with Crippen LogP contribution in [-0.4, -0.2) is 0 Å². The zero-order valence-corrected chi connectivity index (χ0v) is 11.0. The average molecular weight is 280 g/mol. The van der Waals surface area contributed by atoms with Gasteiger partial charge in [0.1, 0.15) is 17.5 Å². The van der Waals surface area contributed by atoms with Crippen LogP contribution in [0.25, 0.3) is 0 Å². The summed E-state index contributed by atoms with van der Waals surface area (Å²) in [5.41, 5.74) is 4.43. The van der Waals surface area contributed by atoms with E-state index in [9.17, 15) is 13.2 Å². The van der Waals surface area contributed by atoms with Crippen molar-refractivity contribution in [2.75, 3.05) is 0 Å². The first kappa shape index (κ1) is 14.6. The molecule has 3 N–H and O–H groups in total. The lowest BCUT2D eigenvalue weighted by Crippen LogP contribution is -2.30. The van der Waals surface area contributed by atoms with Crippen molar-refractivity contribution in [2.45, 2.75) is 19.4 Å². The quantitative estimate of drug-likeness (QED) is 0.667. The summed E-state index contributed by atoms with van der Waals surface area (Å²) in [6.45, 7) is 1.75. The molecular formula is C15H15F3N2. The van der Waals surface area contributed by atoms with Crippen molar-refractivity contribution in [1.29, 1.82) is 0 Å². The number of nitrogens with two attached hydrogens (primary N) is 1. The number of hydrazine groups is 1. The van der Waals surface area contributed by atoms with Gasteiger partial charge in [-0.25, -0.2) is 13.2 Å². The largest absolute Gasteiger partial charge is 0.271 e. The Balaban J connectivity index is 2.28. The molecule has 1 atom stereocenters. The Hall–Kier alpha value is -1.85. The number of halogens is 3. The normalized spacial score (nSPS) is 12.4. The van der Waals surface area contributed by atoms with Crippen LogP contribution in [0.1, 0.15) is 22.7 Å². The van der Waals surface area contributed by atoms with Crippen LogP contribution in [0.3, 0.4) is 0 Å². The predicted molar refractivity (Wildman–Crippen MR) is 71.3 cm³/mol. The summed E-state index contributed by atoms with van der Waals surface area (Å²) < 4.78 is 39.6. The van der Waals surface area contributed by atoms with Crippen molar-refractivity contribution in [3.63, 3.8) is 0 Å². The van der Waals surface area contributed by atoms with Crippen molar-refractivity contribution in [1.82, 2.24) is 5.43 Å². The lowest BCUT2D eigenvalue weighted by Gasteiger charge is -2.19. The van der Waals surface area contributed by atoms with Gasteiger partial charge in [-0.2, -0.15) is 0 Å². The molecule has 0 aliphatic rings. The van der Waals surface area contributed by atoms with Gasteiger partial charge in [-0.1, -0.05) is 12.1 Å². The monoisotopic (exact) mass is 280 g/mol. The van der Waals surface area contributed by atoms with Gasteiger partial charge < -0.3 is 0 Å². The van der Waals surface area contributed by atoms with Crippen LogP contribution in [-0.2, 0) is 6.42 Å². The lowest BCUT2D eigenvalue weighted by atomic mass is 9.95. The lowest BCUT2D eigenvalue weighted by molar-refractivity contribution is 0.519. The van der Waals surface area contributed by atoms with Gasteiger partial charge in [0.2, 0.25) is 0 Å².